The fourth-order valence-corrected chi connectivity index (χ4v) is 3.91. The minimum atomic E-state index is -0.630. The fraction of sp³-hybridized carbons (Fsp3) is 0.160. The smallest absolute Gasteiger partial charge is 0.315 e. The van der Waals surface area contributed by atoms with E-state index in [9.17, 15) is 19.3 Å². The first-order valence-corrected chi connectivity index (χ1v) is 11.6. The van der Waals surface area contributed by atoms with E-state index < -0.39 is 16.4 Å². The van der Waals surface area contributed by atoms with E-state index in [0.717, 1.165) is 9.15 Å². The van der Waals surface area contributed by atoms with Crippen LogP contribution in [0.15, 0.2) is 69.0 Å². The van der Waals surface area contributed by atoms with Crippen LogP contribution in [0.4, 0.5) is 10.1 Å². The fourth-order valence-electron chi connectivity index (χ4n) is 3.55. The summed E-state index contributed by atoms with van der Waals surface area (Å²) in [5.74, 6) is -0.148. The molecule has 4 rings (SSSR count). The highest BCUT2D eigenvalue weighted by Crippen LogP contribution is 2.38. The second-order valence-electron chi connectivity index (χ2n) is 7.61. The molecule has 36 heavy (non-hydrogen) atoms. The number of halogens is 2. The SMILES string of the molecule is CCc1nc2ccc(Br)cc2c(=O)n1N=Cc1cc(OC)c(OCc2ccccc2F)c([N+](=O)[O-])c1. The van der Waals surface area contributed by atoms with Crippen molar-refractivity contribution in [1.82, 2.24) is 9.66 Å². The molecule has 0 fully saturated rings. The molecular weight excluding hydrogens is 535 g/mol. The molecule has 9 nitrogen and oxygen atoms in total. The molecule has 0 saturated carbocycles. The van der Waals surface area contributed by atoms with E-state index in [1.807, 2.05) is 6.92 Å². The van der Waals surface area contributed by atoms with Crippen LogP contribution >= 0.6 is 15.9 Å². The number of nitro groups is 1. The Morgan fingerprint density at radius 2 is 2.00 bits per heavy atom. The van der Waals surface area contributed by atoms with Crippen molar-refractivity contribution in [3.05, 3.63) is 102 Å². The number of nitro benzene ring substituents is 1. The molecule has 11 heteroatoms. The molecular formula is C25H20BrFN4O5. The van der Waals surface area contributed by atoms with Crippen molar-refractivity contribution in [1.29, 1.82) is 0 Å². The number of nitrogens with zero attached hydrogens (tertiary/aromatic N) is 4. The van der Waals surface area contributed by atoms with Crippen LogP contribution in [0, 0.1) is 15.9 Å². The second-order valence-corrected chi connectivity index (χ2v) is 8.53. The van der Waals surface area contributed by atoms with Crippen LogP contribution in [0.5, 0.6) is 11.5 Å². The van der Waals surface area contributed by atoms with E-state index in [-0.39, 0.29) is 29.2 Å². The lowest BCUT2D eigenvalue weighted by molar-refractivity contribution is -0.386. The lowest BCUT2D eigenvalue weighted by atomic mass is 10.1. The van der Waals surface area contributed by atoms with Crippen molar-refractivity contribution in [2.75, 3.05) is 7.11 Å². The Kier molecular flexibility index (Phi) is 7.39. The standard InChI is InChI=1S/C25H20BrFN4O5/c1-3-23-29-20-9-8-17(26)12-18(20)25(32)30(23)28-13-15-10-21(31(33)34)24(22(11-15)35-2)36-14-16-6-4-5-7-19(16)27/h4-13H,3,14H2,1-2H3. The van der Waals surface area contributed by atoms with Gasteiger partial charge >= 0.3 is 5.69 Å². The van der Waals surface area contributed by atoms with E-state index in [1.54, 1.807) is 24.3 Å². The van der Waals surface area contributed by atoms with Gasteiger partial charge in [-0.05, 0) is 30.3 Å². The number of methoxy groups -OCH3 is 1. The number of aryl methyl sites for hydroxylation is 1. The molecule has 0 radical (unpaired) electrons. The Bertz CT molecular complexity index is 1550. The zero-order chi connectivity index (χ0) is 25.8. The average molecular weight is 555 g/mol. The number of ether oxygens (including phenoxy) is 2. The van der Waals surface area contributed by atoms with Crippen LogP contribution in [0.25, 0.3) is 10.9 Å². The van der Waals surface area contributed by atoms with Crippen LogP contribution in [0.1, 0.15) is 23.9 Å². The number of hydrogen-bond donors (Lipinski definition) is 0. The Balaban J connectivity index is 1.74. The number of fused-ring (bicyclic) bond motifs is 1. The van der Waals surface area contributed by atoms with Gasteiger partial charge in [-0.25, -0.2) is 9.37 Å². The van der Waals surface area contributed by atoms with E-state index >= 15 is 0 Å². The molecule has 0 unspecified atom stereocenters. The van der Waals surface area contributed by atoms with Crippen molar-refractivity contribution < 1.29 is 18.8 Å². The number of benzene rings is 3. The highest BCUT2D eigenvalue weighted by molar-refractivity contribution is 9.10. The molecule has 3 aromatic carbocycles. The van der Waals surface area contributed by atoms with Gasteiger partial charge in [-0.15, -0.1) is 0 Å². The van der Waals surface area contributed by atoms with Crippen LogP contribution in [-0.4, -0.2) is 27.9 Å². The zero-order valence-electron chi connectivity index (χ0n) is 19.3. The summed E-state index contributed by atoms with van der Waals surface area (Å²) < 4.78 is 26.8. The first-order valence-electron chi connectivity index (χ1n) is 10.8. The van der Waals surface area contributed by atoms with Crippen LogP contribution < -0.4 is 15.0 Å². The molecule has 0 amide bonds. The van der Waals surface area contributed by atoms with Crippen molar-refractivity contribution in [3.63, 3.8) is 0 Å². The van der Waals surface area contributed by atoms with Crippen LogP contribution in [0.2, 0.25) is 0 Å². The predicted molar refractivity (Wildman–Crippen MR) is 136 cm³/mol. The van der Waals surface area contributed by atoms with E-state index in [1.165, 1.54) is 43.7 Å². The molecule has 184 valence electrons. The number of hydrogen-bond acceptors (Lipinski definition) is 7. The van der Waals surface area contributed by atoms with Crippen LogP contribution in [0.3, 0.4) is 0 Å². The van der Waals surface area contributed by atoms with Gasteiger partial charge in [0.1, 0.15) is 18.2 Å². The lowest BCUT2D eigenvalue weighted by Gasteiger charge is -2.12. The summed E-state index contributed by atoms with van der Waals surface area (Å²) in [5, 5.41) is 16.5. The van der Waals surface area contributed by atoms with Crippen molar-refractivity contribution >= 4 is 38.7 Å². The third-order valence-electron chi connectivity index (χ3n) is 5.32. The van der Waals surface area contributed by atoms with Gasteiger partial charge < -0.3 is 9.47 Å². The molecule has 0 spiro atoms. The maximum absolute atomic E-state index is 14.0. The Morgan fingerprint density at radius 1 is 1.22 bits per heavy atom. The summed E-state index contributed by atoms with van der Waals surface area (Å²) in [4.78, 5) is 28.8. The largest absolute Gasteiger partial charge is 0.493 e. The molecule has 0 saturated heterocycles. The first-order chi connectivity index (χ1) is 17.3. The minimum absolute atomic E-state index is 0.0608. The molecule has 0 atom stereocenters. The highest BCUT2D eigenvalue weighted by atomic mass is 79.9. The van der Waals surface area contributed by atoms with Crippen molar-refractivity contribution in [3.8, 4) is 11.5 Å². The maximum atomic E-state index is 14.0. The van der Waals surface area contributed by atoms with Gasteiger partial charge in [0.05, 0.1) is 29.2 Å². The zero-order valence-corrected chi connectivity index (χ0v) is 20.9. The van der Waals surface area contributed by atoms with Gasteiger partial charge in [-0.2, -0.15) is 9.78 Å². The molecule has 0 N–H and O–H groups in total. The Labute approximate surface area is 213 Å². The molecule has 1 heterocycles. The lowest BCUT2D eigenvalue weighted by Crippen LogP contribution is -2.22. The monoisotopic (exact) mass is 554 g/mol. The van der Waals surface area contributed by atoms with Gasteiger partial charge in [0.15, 0.2) is 5.75 Å². The van der Waals surface area contributed by atoms with E-state index in [0.29, 0.717) is 28.7 Å². The maximum Gasteiger partial charge on any atom is 0.315 e. The topological polar surface area (TPSA) is 109 Å². The molecule has 0 aliphatic carbocycles. The molecule has 0 aliphatic rings. The summed E-state index contributed by atoms with van der Waals surface area (Å²) in [6.45, 7) is 1.61. The van der Waals surface area contributed by atoms with E-state index in [4.69, 9.17) is 9.47 Å². The van der Waals surface area contributed by atoms with Gasteiger partial charge in [-0.1, -0.05) is 41.1 Å². The van der Waals surface area contributed by atoms with Gasteiger partial charge in [-0.3, -0.25) is 14.9 Å². The molecule has 0 aliphatic heterocycles. The first kappa shape index (κ1) is 25.0. The second kappa shape index (κ2) is 10.6. The normalized spacial score (nSPS) is 11.2. The number of rotatable bonds is 8. The summed E-state index contributed by atoms with van der Waals surface area (Å²) in [6, 6.07) is 13.9. The molecule has 4 aromatic rings. The molecule has 0 bridgehead atoms. The summed E-state index contributed by atoms with van der Waals surface area (Å²) in [6.07, 6.45) is 1.74. The van der Waals surface area contributed by atoms with Crippen LogP contribution in [-0.2, 0) is 13.0 Å². The average Bonchev–Trinajstić information content (AvgIpc) is 2.87. The van der Waals surface area contributed by atoms with Gasteiger partial charge in [0.25, 0.3) is 5.56 Å². The Morgan fingerprint density at radius 3 is 2.69 bits per heavy atom. The number of aromatic nitrogens is 2. The van der Waals surface area contributed by atoms with Gasteiger partial charge in [0.2, 0.25) is 5.75 Å². The third-order valence-corrected chi connectivity index (χ3v) is 5.81. The highest BCUT2D eigenvalue weighted by Gasteiger charge is 2.23. The quantitative estimate of drug-likeness (QED) is 0.167. The van der Waals surface area contributed by atoms with Gasteiger partial charge in [0, 0.05) is 28.1 Å². The van der Waals surface area contributed by atoms with E-state index in [2.05, 4.69) is 26.0 Å². The summed E-state index contributed by atoms with van der Waals surface area (Å²) in [7, 11) is 1.33. The van der Waals surface area contributed by atoms with Crippen molar-refractivity contribution in [2.45, 2.75) is 20.0 Å². The predicted octanol–water partition coefficient (Wildman–Crippen LogP) is 5.24. The third kappa shape index (κ3) is 5.10. The minimum Gasteiger partial charge on any atom is -0.493 e. The Hall–Kier alpha value is -4.12. The summed E-state index contributed by atoms with van der Waals surface area (Å²) in [5.41, 5.74) is 0.304. The van der Waals surface area contributed by atoms with Crippen molar-refractivity contribution in [2.24, 2.45) is 5.10 Å². The molecule has 1 aromatic heterocycles. The summed E-state index contributed by atoms with van der Waals surface area (Å²) >= 11 is 3.35.